The van der Waals surface area contributed by atoms with Crippen molar-refractivity contribution in [2.45, 2.75) is 53.4 Å². The summed E-state index contributed by atoms with van der Waals surface area (Å²) in [6.07, 6.45) is 6.14. The van der Waals surface area contributed by atoms with E-state index in [1.165, 1.54) is 25.7 Å². The number of hydrogen-bond donors (Lipinski definition) is 0. The standard InChI is InChI=1S/C15H26/c1-9-7-12-5-6-13(9)8-15(4)11(3)14(15)10(12)2/h9-14H,5-8H2,1-4H3/t9?,10-,11+,12?,13?,14?,15?/m0/s1. The van der Waals surface area contributed by atoms with E-state index in [0.717, 1.165) is 40.9 Å². The van der Waals surface area contributed by atoms with E-state index in [0.29, 0.717) is 0 Å². The third-order valence-corrected chi connectivity index (χ3v) is 6.63. The second-order valence-corrected chi connectivity index (χ2v) is 7.19. The summed E-state index contributed by atoms with van der Waals surface area (Å²) in [6, 6.07) is 0. The molecular weight excluding hydrogens is 180 g/mol. The summed E-state index contributed by atoms with van der Waals surface area (Å²) in [7, 11) is 0. The van der Waals surface area contributed by atoms with Crippen molar-refractivity contribution in [2.24, 2.45) is 40.9 Å². The van der Waals surface area contributed by atoms with Gasteiger partial charge in [0, 0.05) is 0 Å². The van der Waals surface area contributed by atoms with Gasteiger partial charge in [0.25, 0.3) is 0 Å². The van der Waals surface area contributed by atoms with E-state index in [1.54, 1.807) is 0 Å². The molecule has 0 spiro atoms. The quantitative estimate of drug-likeness (QED) is 0.553. The Morgan fingerprint density at radius 2 is 1.67 bits per heavy atom. The summed E-state index contributed by atoms with van der Waals surface area (Å²) < 4.78 is 0. The van der Waals surface area contributed by atoms with Crippen LogP contribution in [0.5, 0.6) is 0 Å². The molecule has 0 aromatic carbocycles. The maximum absolute atomic E-state index is 2.58. The van der Waals surface area contributed by atoms with Crippen LogP contribution >= 0.6 is 0 Å². The summed E-state index contributed by atoms with van der Waals surface area (Å²) in [5, 5.41) is 0. The van der Waals surface area contributed by atoms with E-state index in [1.807, 2.05) is 0 Å². The molecule has 2 bridgehead atoms. The molecule has 0 aromatic heterocycles. The van der Waals surface area contributed by atoms with Gasteiger partial charge in [-0.3, -0.25) is 0 Å². The molecule has 0 N–H and O–H groups in total. The second-order valence-electron chi connectivity index (χ2n) is 7.19. The molecule has 86 valence electrons. The zero-order valence-electron chi connectivity index (χ0n) is 10.8. The van der Waals surface area contributed by atoms with Crippen LogP contribution in [-0.2, 0) is 0 Å². The predicted molar refractivity (Wildman–Crippen MR) is 64.5 cm³/mol. The van der Waals surface area contributed by atoms with Crippen LogP contribution in [0.2, 0.25) is 0 Å². The normalized spacial score (nSPS) is 63.2. The molecule has 0 radical (unpaired) electrons. The molecule has 0 aliphatic heterocycles. The largest absolute Gasteiger partial charge is 0.0622 e. The van der Waals surface area contributed by atoms with Crippen LogP contribution in [-0.4, -0.2) is 0 Å². The van der Waals surface area contributed by atoms with Crippen molar-refractivity contribution in [1.82, 2.24) is 0 Å². The van der Waals surface area contributed by atoms with Crippen molar-refractivity contribution in [1.29, 1.82) is 0 Å². The lowest BCUT2D eigenvalue weighted by Crippen LogP contribution is -2.32. The average molecular weight is 206 g/mol. The van der Waals surface area contributed by atoms with E-state index >= 15 is 0 Å². The minimum absolute atomic E-state index is 0.734. The highest BCUT2D eigenvalue weighted by atomic mass is 14.7. The lowest BCUT2D eigenvalue weighted by molar-refractivity contribution is 0.0840. The van der Waals surface area contributed by atoms with Crippen molar-refractivity contribution < 1.29 is 0 Å². The van der Waals surface area contributed by atoms with E-state index in [2.05, 4.69) is 27.7 Å². The first kappa shape index (κ1) is 10.2. The molecule has 0 amide bonds. The molecule has 0 heterocycles. The van der Waals surface area contributed by atoms with Gasteiger partial charge in [-0.15, -0.1) is 0 Å². The number of hydrogen-bond acceptors (Lipinski definition) is 0. The number of fused-ring (bicyclic) bond motifs is 2. The molecule has 4 aliphatic carbocycles. The van der Waals surface area contributed by atoms with Crippen molar-refractivity contribution >= 4 is 0 Å². The molecule has 0 aromatic rings. The molecule has 0 nitrogen and oxygen atoms in total. The first-order valence-corrected chi connectivity index (χ1v) is 7.04. The van der Waals surface area contributed by atoms with Crippen LogP contribution in [0.3, 0.4) is 0 Å². The second kappa shape index (κ2) is 3.02. The topological polar surface area (TPSA) is 0 Å². The van der Waals surface area contributed by atoms with Gasteiger partial charge < -0.3 is 0 Å². The third kappa shape index (κ3) is 1.26. The van der Waals surface area contributed by atoms with Crippen LogP contribution < -0.4 is 0 Å². The van der Waals surface area contributed by atoms with Crippen molar-refractivity contribution in [3.05, 3.63) is 0 Å². The summed E-state index contributed by atoms with van der Waals surface area (Å²) in [5.74, 6) is 6.22. The van der Waals surface area contributed by atoms with Crippen LogP contribution in [0.1, 0.15) is 53.4 Å². The Morgan fingerprint density at radius 1 is 1.00 bits per heavy atom. The molecule has 4 fully saturated rings. The van der Waals surface area contributed by atoms with Crippen molar-refractivity contribution in [3.63, 3.8) is 0 Å². The zero-order chi connectivity index (χ0) is 10.8. The van der Waals surface area contributed by atoms with Crippen molar-refractivity contribution in [3.8, 4) is 0 Å². The highest BCUT2D eigenvalue weighted by Gasteiger charge is 2.63. The molecule has 15 heavy (non-hydrogen) atoms. The highest BCUT2D eigenvalue weighted by Crippen LogP contribution is 2.69. The van der Waals surface area contributed by atoms with E-state index in [-0.39, 0.29) is 0 Å². The highest BCUT2D eigenvalue weighted by molar-refractivity contribution is 5.11. The van der Waals surface area contributed by atoms with Gasteiger partial charge in [-0.25, -0.2) is 0 Å². The van der Waals surface area contributed by atoms with Crippen molar-refractivity contribution in [2.75, 3.05) is 0 Å². The van der Waals surface area contributed by atoms with Gasteiger partial charge in [0.15, 0.2) is 0 Å². The summed E-state index contributed by atoms with van der Waals surface area (Å²) in [5.41, 5.74) is 0.734. The summed E-state index contributed by atoms with van der Waals surface area (Å²) in [4.78, 5) is 0. The fourth-order valence-corrected chi connectivity index (χ4v) is 5.36. The minimum atomic E-state index is 0.734. The van der Waals surface area contributed by atoms with Crippen LogP contribution in [0.25, 0.3) is 0 Å². The SMILES string of the molecule is CC1CC2CCC1CC1(C)C([C@H]2C)[C@H]1C. The van der Waals surface area contributed by atoms with E-state index in [4.69, 9.17) is 0 Å². The van der Waals surface area contributed by atoms with E-state index < -0.39 is 0 Å². The van der Waals surface area contributed by atoms with Gasteiger partial charge >= 0.3 is 0 Å². The van der Waals surface area contributed by atoms with Gasteiger partial charge in [0.2, 0.25) is 0 Å². The maximum atomic E-state index is 2.58. The first-order chi connectivity index (χ1) is 7.04. The fraction of sp³-hybridized carbons (Fsp3) is 1.00. The maximum Gasteiger partial charge on any atom is -0.0261 e. The Bertz CT molecular complexity index is 269. The Morgan fingerprint density at radius 3 is 2.33 bits per heavy atom. The zero-order valence-corrected chi connectivity index (χ0v) is 10.8. The molecule has 4 rings (SSSR count). The number of rotatable bonds is 0. The molecule has 4 saturated carbocycles. The minimum Gasteiger partial charge on any atom is -0.0622 e. The predicted octanol–water partition coefficient (Wildman–Crippen LogP) is 4.35. The van der Waals surface area contributed by atoms with Gasteiger partial charge in [0.1, 0.15) is 0 Å². The Kier molecular flexibility index (Phi) is 2.05. The molecule has 0 saturated heterocycles. The van der Waals surface area contributed by atoms with Gasteiger partial charge in [-0.2, -0.15) is 0 Å². The van der Waals surface area contributed by atoms with Gasteiger partial charge in [-0.05, 0) is 66.6 Å². The van der Waals surface area contributed by atoms with Gasteiger partial charge in [-0.1, -0.05) is 27.7 Å². The van der Waals surface area contributed by atoms with Crippen LogP contribution in [0.15, 0.2) is 0 Å². The summed E-state index contributed by atoms with van der Waals surface area (Å²) in [6.45, 7) is 10.2. The molecular formula is C15H26. The smallest absolute Gasteiger partial charge is 0.0261 e. The summed E-state index contributed by atoms with van der Waals surface area (Å²) >= 11 is 0. The Balaban J connectivity index is 1.90. The van der Waals surface area contributed by atoms with Gasteiger partial charge in [0.05, 0.1) is 0 Å². The van der Waals surface area contributed by atoms with Crippen LogP contribution in [0.4, 0.5) is 0 Å². The first-order valence-electron chi connectivity index (χ1n) is 7.04. The Labute approximate surface area is 94.8 Å². The van der Waals surface area contributed by atoms with E-state index in [9.17, 15) is 0 Å². The Hall–Kier alpha value is 0. The molecule has 7 atom stereocenters. The average Bonchev–Trinajstić information content (AvgIpc) is 2.69. The molecule has 5 unspecified atom stereocenters. The monoisotopic (exact) mass is 206 g/mol. The fourth-order valence-electron chi connectivity index (χ4n) is 5.36. The molecule has 0 heteroatoms. The third-order valence-electron chi connectivity index (χ3n) is 6.63. The van der Waals surface area contributed by atoms with Crippen LogP contribution in [0, 0.1) is 40.9 Å². The lowest BCUT2D eigenvalue weighted by Gasteiger charge is -2.42. The molecule has 4 aliphatic rings. The lowest BCUT2D eigenvalue weighted by atomic mass is 9.64.